The molecule has 0 saturated carbocycles. The minimum absolute atomic E-state index is 0.0344. The molecule has 1 aliphatic rings. The van der Waals surface area contributed by atoms with Gasteiger partial charge in [-0.3, -0.25) is 4.79 Å². The minimum atomic E-state index is -1.01. The van der Waals surface area contributed by atoms with Gasteiger partial charge in [-0.2, -0.15) is 0 Å². The molecule has 0 heterocycles. The summed E-state index contributed by atoms with van der Waals surface area (Å²) in [5.74, 6) is -0.331. The molecule has 38 heavy (non-hydrogen) atoms. The first-order valence-electron chi connectivity index (χ1n) is 12.5. The van der Waals surface area contributed by atoms with Crippen LogP contribution in [0.2, 0.25) is 0 Å². The fourth-order valence-corrected chi connectivity index (χ4v) is 4.65. The van der Waals surface area contributed by atoms with E-state index in [1.165, 1.54) is 0 Å². The van der Waals surface area contributed by atoms with Crippen molar-refractivity contribution in [3.63, 3.8) is 0 Å². The molecule has 0 bridgehead atoms. The van der Waals surface area contributed by atoms with Crippen LogP contribution in [0.1, 0.15) is 59.8 Å². The van der Waals surface area contributed by atoms with E-state index in [9.17, 15) is 14.4 Å². The minimum Gasteiger partial charge on any atom is -0.429 e. The normalized spacial score (nSPS) is 16.0. The zero-order valence-electron chi connectivity index (χ0n) is 21.0. The van der Waals surface area contributed by atoms with Gasteiger partial charge in [0.05, 0.1) is 6.42 Å². The molecular weight excluding hydrogens is 484 g/mol. The summed E-state index contributed by atoms with van der Waals surface area (Å²) >= 11 is 0. The summed E-state index contributed by atoms with van der Waals surface area (Å²) in [6.07, 6.45) is 0.181. The van der Waals surface area contributed by atoms with Gasteiger partial charge in [0.25, 0.3) is 0 Å². The lowest BCUT2D eigenvalue weighted by molar-refractivity contribution is -0.140. The quantitative estimate of drug-likeness (QED) is 0.170. The van der Waals surface area contributed by atoms with Crippen LogP contribution in [0.15, 0.2) is 97.3 Å². The summed E-state index contributed by atoms with van der Waals surface area (Å²) in [6, 6.07) is 26.4. The summed E-state index contributed by atoms with van der Waals surface area (Å²) in [6.45, 7) is 4.06. The van der Waals surface area contributed by atoms with E-state index in [4.69, 9.17) is 18.9 Å². The average molecular weight is 515 g/mol. The molecule has 0 spiro atoms. The molecule has 0 aromatic heterocycles. The molecule has 4 rings (SSSR count). The molecular formula is C31H30O7. The Morgan fingerprint density at radius 3 is 1.61 bits per heavy atom. The van der Waals surface area contributed by atoms with E-state index < -0.39 is 18.3 Å². The van der Waals surface area contributed by atoms with Gasteiger partial charge in [0.2, 0.25) is 0 Å². The molecule has 2 unspecified atom stereocenters. The number of rotatable bonds is 9. The molecule has 0 N–H and O–H groups in total. The maximum absolute atomic E-state index is 12.5. The van der Waals surface area contributed by atoms with Gasteiger partial charge >= 0.3 is 18.3 Å². The van der Waals surface area contributed by atoms with Crippen molar-refractivity contribution in [3.8, 4) is 0 Å². The van der Waals surface area contributed by atoms with Crippen LogP contribution in [-0.2, 0) is 37.0 Å². The molecule has 196 valence electrons. The highest BCUT2D eigenvalue weighted by Crippen LogP contribution is 2.43. The van der Waals surface area contributed by atoms with E-state index in [1.54, 1.807) is 0 Å². The van der Waals surface area contributed by atoms with Crippen LogP contribution in [-0.4, -0.2) is 18.3 Å². The van der Waals surface area contributed by atoms with Crippen molar-refractivity contribution >= 4 is 18.3 Å². The fraction of sp³-hybridized carbons (Fsp3) is 0.258. The zero-order valence-corrected chi connectivity index (χ0v) is 21.0. The van der Waals surface area contributed by atoms with Crippen LogP contribution in [0, 0.1) is 0 Å². The standard InChI is InChI=1S/C31H30O7/c1-22(37-30(33)35-20-23-10-4-2-5-11-23)18-25-16-17-26(28-15-9-8-14-27(25)28)19-29(32)38-31(34)36-21-24-12-6-3-7-13-24/h2-15,25-26H,1,16-21H2. The molecule has 0 aliphatic heterocycles. The molecule has 7 nitrogen and oxygen atoms in total. The topological polar surface area (TPSA) is 88.1 Å². The first-order chi connectivity index (χ1) is 18.5. The molecule has 0 saturated heterocycles. The predicted molar refractivity (Wildman–Crippen MR) is 140 cm³/mol. The Kier molecular flexibility index (Phi) is 9.29. The van der Waals surface area contributed by atoms with Crippen molar-refractivity contribution in [1.82, 2.24) is 0 Å². The van der Waals surface area contributed by atoms with Crippen molar-refractivity contribution in [3.05, 3.63) is 120 Å². The molecule has 0 fully saturated rings. The van der Waals surface area contributed by atoms with Gasteiger partial charge < -0.3 is 18.9 Å². The number of carbonyl (C=O) groups excluding carboxylic acids is 3. The highest BCUT2D eigenvalue weighted by atomic mass is 16.7. The van der Waals surface area contributed by atoms with Gasteiger partial charge in [0.15, 0.2) is 0 Å². The van der Waals surface area contributed by atoms with Crippen LogP contribution >= 0.6 is 0 Å². The number of fused-ring (bicyclic) bond motifs is 1. The van der Waals surface area contributed by atoms with Gasteiger partial charge in [0, 0.05) is 6.42 Å². The number of ether oxygens (including phenoxy) is 4. The van der Waals surface area contributed by atoms with Crippen LogP contribution in [0.3, 0.4) is 0 Å². The third-order valence-corrected chi connectivity index (χ3v) is 6.45. The van der Waals surface area contributed by atoms with E-state index in [-0.39, 0.29) is 31.5 Å². The van der Waals surface area contributed by atoms with Crippen molar-refractivity contribution in [1.29, 1.82) is 0 Å². The highest BCUT2D eigenvalue weighted by Gasteiger charge is 2.30. The summed E-state index contributed by atoms with van der Waals surface area (Å²) in [4.78, 5) is 36.6. The lowest BCUT2D eigenvalue weighted by Gasteiger charge is -2.31. The monoisotopic (exact) mass is 514 g/mol. The molecule has 3 aromatic rings. The second kappa shape index (κ2) is 13.2. The Hall–Kier alpha value is -4.39. The predicted octanol–water partition coefficient (Wildman–Crippen LogP) is 7.17. The Bertz CT molecular complexity index is 1150. The van der Waals surface area contributed by atoms with Crippen LogP contribution in [0.5, 0.6) is 0 Å². The van der Waals surface area contributed by atoms with E-state index in [0.717, 1.165) is 28.7 Å². The van der Waals surface area contributed by atoms with E-state index >= 15 is 0 Å². The Morgan fingerprint density at radius 1 is 0.632 bits per heavy atom. The van der Waals surface area contributed by atoms with Crippen LogP contribution in [0.4, 0.5) is 9.59 Å². The third kappa shape index (κ3) is 7.80. The summed E-state index contributed by atoms with van der Waals surface area (Å²) < 4.78 is 20.4. The average Bonchev–Trinajstić information content (AvgIpc) is 2.93. The van der Waals surface area contributed by atoms with Crippen molar-refractivity contribution in [2.75, 3.05) is 0 Å². The first-order valence-corrected chi connectivity index (χ1v) is 12.5. The zero-order chi connectivity index (χ0) is 26.7. The molecule has 0 radical (unpaired) electrons. The number of esters is 1. The maximum Gasteiger partial charge on any atom is 0.516 e. The smallest absolute Gasteiger partial charge is 0.429 e. The van der Waals surface area contributed by atoms with Crippen LogP contribution in [0.25, 0.3) is 0 Å². The van der Waals surface area contributed by atoms with Gasteiger partial charge in [0.1, 0.15) is 19.0 Å². The largest absolute Gasteiger partial charge is 0.516 e. The third-order valence-electron chi connectivity index (χ3n) is 6.45. The van der Waals surface area contributed by atoms with E-state index in [2.05, 4.69) is 6.58 Å². The van der Waals surface area contributed by atoms with Gasteiger partial charge in [-0.15, -0.1) is 0 Å². The second-order valence-electron chi connectivity index (χ2n) is 9.17. The molecule has 7 heteroatoms. The number of allylic oxidation sites excluding steroid dienone is 1. The maximum atomic E-state index is 12.5. The lowest BCUT2D eigenvalue weighted by Crippen LogP contribution is -2.21. The molecule has 0 amide bonds. The molecule has 1 aliphatic carbocycles. The van der Waals surface area contributed by atoms with Gasteiger partial charge in [-0.1, -0.05) is 91.5 Å². The highest BCUT2D eigenvalue weighted by molar-refractivity contribution is 5.82. The first kappa shape index (κ1) is 26.7. The summed E-state index contributed by atoms with van der Waals surface area (Å²) in [7, 11) is 0. The number of hydrogen-bond donors (Lipinski definition) is 0. The molecule has 2 atom stereocenters. The summed E-state index contributed by atoms with van der Waals surface area (Å²) in [5.41, 5.74) is 3.74. The Morgan fingerprint density at radius 2 is 1.08 bits per heavy atom. The SMILES string of the molecule is C=C(CC1CCC(CC(=O)OC(=O)OCc2ccccc2)c2ccccc21)OC(=O)OCc1ccccc1. The summed E-state index contributed by atoms with van der Waals surface area (Å²) in [5, 5.41) is 0. The van der Waals surface area contributed by atoms with Gasteiger partial charge in [-0.25, -0.2) is 9.59 Å². The van der Waals surface area contributed by atoms with E-state index in [0.29, 0.717) is 18.6 Å². The second-order valence-corrected chi connectivity index (χ2v) is 9.17. The number of hydrogen-bond acceptors (Lipinski definition) is 7. The Balaban J connectivity index is 1.27. The van der Waals surface area contributed by atoms with E-state index in [1.807, 2.05) is 84.9 Å². The number of benzene rings is 3. The van der Waals surface area contributed by atoms with Crippen LogP contribution < -0.4 is 0 Å². The Labute approximate surface area is 222 Å². The van der Waals surface area contributed by atoms with Crippen molar-refractivity contribution < 1.29 is 33.3 Å². The van der Waals surface area contributed by atoms with Crippen molar-refractivity contribution in [2.24, 2.45) is 0 Å². The fourth-order valence-electron chi connectivity index (χ4n) is 4.65. The lowest BCUT2D eigenvalue weighted by atomic mass is 9.74. The van der Waals surface area contributed by atoms with Crippen molar-refractivity contribution in [2.45, 2.75) is 50.7 Å². The van der Waals surface area contributed by atoms with Gasteiger partial charge in [-0.05, 0) is 46.9 Å². The number of carbonyl (C=O) groups is 3. The molecule has 3 aromatic carbocycles.